The van der Waals surface area contributed by atoms with Crippen LogP contribution in [0.4, 0.5) is 0 Å². The van der Waals surface area contributed by atoms with Gasteiger partial charge >= 0.3 is 6.01 Å². The van der Waals surface area contributed by atoms with Crippen LogP contribution in [0.5, 0.6) is 17.5 Å². The van der Waals surface area contributed by atoms with Gasteiger partial charge < -0.3 is 19.1 Å². The Morgan fingerprint density at radius 3 is 2.67 bits per heavy atom. The topological polar surface area (TPSA) is 73.8 Å². The Balaban J connectivity index is 1.49. The van der Waals surface area contributed by atoms with Gasteiger partial charge in [-0.3, -0.25) is 4.79 Å². The van der Waals surface area contributed by atoms with E-state index in [1.165, 1.54) is 19.5 Å². The van der Waals surface area contributed by atoms with Gasteiger partial charge in [-0.1, -0.05) is 6.07 Å². The Kier molecular flexibility index (Phi) is 4.83. The summed E-state index contributed by atoms with van der Waals surface area (Å²) < 4.78 is 16.2. The van der Waals surface area contributed by atoms with Crippen LogP contribution in [0.2, 0.25) is 0 Å². The lowest BCUT2D eigenvalue weighted by Gasteiger charge is -2.35. The fourth-order valence-corrected chi connectivity index (χ4v) is 4.18. The Bertz CT molecular complexity index is 811. The molecule has 1 aromatic carbocycles. The van der Waals surface area contributed by atoms with Crippen molar-refractivity contribution >= 4 is 5.91 Å². The number of carbonyl (C=O) groups is 1. The summed E-state index contributed by atoms with van der Waals surface area (Å²) in [6.07, 6.45) is 6.28. The molecule has 7 nitrogen and oxygen atoms in total. The van der Waals surface area contributed by atoms with Crippen LogP contribution in [0, 0.1) is 5.92 Å². The first-order valence-corrected chi connectivity index (χ1v) is 9.15. The quantitative estimate of drug-likeness (QED) is 0.779. The lowest BCUT2D eigenvalue weighted by molar-refractivity contribution is 0.0504. The fraction of sp³-hybridized carbons (Fsp3) is 0.450. The summed E-state index contributed by atoms with van der Waals surface area (Å²) >= 11 is 0. The summed E-state index contributed by atoms with van der Waals surface area (Å²) in [6, 6.07) is 8.12. The minimum absolute atomic E-state index is 0.0379. The maximum Gasteiger partial charge on any atom is 0.316 e. The van der Waals surface area contributed by atoms with Crippen LogP contribution in [0.3, 0.4) is 0 Å². The fourth-order valence-electron chi connectivity index (χ4n) is 4.18. The van der Waals surface area contributed by atoms with Crippen LogP contribution in [0.25, 0.3) is 0 Å². The third kappa shape index (κ3) is 3.41. The van der Waals surface area contributed by atoms with E-state index in [4.69, 9.17) is 14.2 Å². The Morgan fingerprint density at radius 2 is 1.93 bits per heavy atom. The van der Waals surface area contributed by atoms with Crippen LogP contribution in [-0.2, 0) is 0 Å². The highest BCUT2D eigenvalue weighted by Gasteiger charge is 2.48. The van der Waals surface area contributed by atoms with Crippen molar-refractivity contribution in [2.75, 3.05) is 20.8 Å². The van der Waals surface area contributed by atoms with E-state index < -0.39 is 0 Å². The number of hydrogen-bond donors (Lipinski definition) is 0. The zero-order chi connectivity index (χ0) is 18.8. The largest absolute Gasteiger partial charge is 0.497 e. The molecule has 2 aromatic rings. The first-order valence-electron chi connectivity index (χ1n) is 9.15. The average molecular weight is 369 g/mol. The number of hydrogen-bond acceptors (Lipinski definition) is 6. The molecule has 0 spiro atoms. The molecule has 1 aliphatic carbocycles. The number of carbonyl (C=O) groups excluding carboxylic acids is 1. The molecule has 1 amide bonds. The van der Waals surface area contributed by atoms with Gasteiger partial charge in [-0.05, 0) is 37.3 Å². The molecule has 0 radical (unpaired) electrons. The van der Waals surface area contributed by atoms with E-state index >= 15 is 0 Å². The van der Waals surface area contributed by atoms with Crippen molar-refractivity contribution in [1.82, 2.24) is 14.9 Å². The summed E-state index contributed by atoms with van der Waals surface area (Å²) in [4.78, 5) is 23.2. The maximum absolute atomic E-state index is 13.1. The van der Waals surface area contributed by atoms with Crippen molar-refractivity contribution in [3.05, 3.63) is 42.2 Å². The second kappa shape index (κ2) is 7.42. The standard InChI is InChI=1S/C20H23N3O4/c1-25-16-4-3-5-17(9-16)27-12-18-13-6-7-15(8-13)23(18)19(24)14-10-21-20(26-2)22-11-14/h3-5,9-11,13,15,18H,6-8,12H2,1-2H3/t13-,15+,18-/m1/s1. The monoisotopic (exact) mass is 369 g/mol. The lowest BCUT2D eigenvalue weighted by atomic mass is 9.99. The number of ether oxygens (including phenoxy) is 3. The van der Waals surface area contributed by atoms with E-state index in [9.17, 15) is 4.79 Å². The summed E-state index contributed by atoms with van der Waals surface area (Å²) in [5.41, 5.74) is 0.481. The SMILES string of the molecule is COc1cccc(OC[C@@H]2[C@@H]3CC[C@@H](C3)N2C(=O)c2cnc(OC)nc2)c1. The zero-order valence-corrected chi connectivity index (χ0v) is 15.5. The third-order valence-electron chi connectivity index (χ3n) is 5.49. The Hall–Kier alpha value is -2.83. The molecule has 0 unspecified atom stereocenters. The van der Waals surface area contributed by atoms with Crippen molar-refractivity contribution < 1.29 is 19.0 Å². The Morgan fingerprint density at radius 1 is 1.15 bits per heavy atom. The van der Waals surface area contributed by atoms with E-state index in [1.54, 1.807) is 7.11 Å². The molecule has 4 rings (SSSR count). The Labute approximate surface area is 158 Å². The van der Waals surface area contributed by atoms with Gasteiger partial charge in [0.2, 0.25) is 0 Å². The van der Waals surface area contributed by atoms with Crippen LogP contribution in [0.1, 0.15) is 29.6 Å². The molecule has 1 aromatic heterocycles. The highest BCUT2D eigenvalue weighted by Crippen LogP contribution is 2.43. The minimum atomic E-state index is -0.0379. The summed E-state index contributed by atoms with van der Waals surface area (Å²) in [6.45, 7) is 0.469. The molecule has 7 heteroatoms. The van der Waals surface area contributed by atoms with E-state index in [2.05, 4.69) is 9.97 Å². The molecule has 2 aliphatic rings. The molecule has 142 valence electrons. The second-order valence-electron chi connectivity index (χ2n) is 6.96. The third-order valence-corrected chi connectivity index (χ3v) is 5.49. The van der Waals surface area contributed by atoms with Crippen molar-refractivity contribution in [1.29, 1.82) is 0 Å². The number of piperidine rings is 1. The minimum Gasteiger partial charge on any atom is -0.497 e. The molecule has 1 saturated carbocycles. The van der Waals surface area contributed by atoms with Gasteiger partial charge in [0.1, 0.15) is 18.1 Å². The van der Waals surface area contributed by atoms with Crippen molar-refractivity contribution in [2.24, 2.45) is 5.92 Å². The highest BCUT2D eigenvalue weighted by atomic mass is 16.5. The molecule has 2 fully saturated rings. The maximum atomic E-state index is 13.1. The van der Waals surface area contributed by atoms with Crippen LogP contribution in [-0.4, -0.2) is 53.7 Å². The number of nitrogens with zero attached hydrogens (tertiary/aromatic N) is 3. The van der Waals surface area contributed by atoms with E-state index in [-0.39, 0.29) is 24.0 Å². The van der Waals surface area contributed by atoms with Gasteiger partial charge in [0.15, 0.2) is 0 Å². The van der Waals surface area contributed by atoms with Crippen LogP contribution < -0.4 is 14.2 Å². The predicted octanol–water partition coefficient (Wildman–Crippen LogP) is 2.57. The van der Waals surface area contributed by atoms with Gasteiger partial charge in [0.05, 0.1) is 25.8 Å². The van der Waals surface area contributed by atoms with E-state index in [0.717, 1.165) is 30.8 Å². The normalized spacial score (nSPS) is 23.3. The molecule has 1 saturated heterocycles. The number of methoxy groups -OCH3 is 2. The van der Waals surface area contributed by atoms with Gasteiger partial charge in [0.25, 0.3) is 5.91 Å². The highest BCUT2D eigenvalue weighted by molar-refractivity contribution is 5.94. The number of fused-ring (bicyclic) bond motifs is 2. The van der Waals surface area contributed by atoms with Gasteiger partial charge in [-0.15, -0.1) is 0 Å². The van der Waals surface area contributed by atoms with Crippen molar-refractivity contribution in [3.63, 3.8) is 0 Å². The number of rotatable bonds is 6. The molecule has 1 aliphatic heterocycles. The molecule has 2 heterocycles. The molecular formula is C20H23N3O4. The summed E-state index contributed by atoms with van der Waals surface area (Å²) in [7, 11) is 3.13. The summed E-state index contributed by atoms with van der Waals surface area (Å²) in [5, 5.41) is 0. The lowest BCUT2D eigenvalue weighted by Crippen LogP contribution is -2.47. The molecular weight excluding hydrogens is 346 g/mol. The van der Waals surface area contributed by atoms with Crippen molar-refractivity contribution in [3.8, 4) is 17.5 Å². The van der Waals surface area contributed by atoms with Crippen LogP contribution >= 0.6 is 0 Å². The summed E-state index contributed by atoms with van der Waals surface area (Å²) in [5.74, 6) is 1.94. The number of amides is 1. The van der Waals surface area contributed by atoms with Gasteiger partial charge in [-0.2, -0.15) is 0 Å². The second-order valence-corrected chi connectivity index (χ2v) is 6.96. The first-order chi connectivity index (χ1) is 13.2. The molecule has 2 bridgehead atoms. The molecule has 27 heavy (non-hydrogen) atoms. The molecule has 3 atom stereocenters. The van der Waals surface area contributed by atoms with E-state index in [1.807, 2.05) is 29.2 Å². The van der Waals surface area contributed by atoms with Crippen molar-refractivity contribution in [2.45, 2.75) is 31.3 Å². The van der Waals surface area contributed by atoms with Gasteiger partial charge in [-0.25, -0.2) is 9.97 Å². The predicted molar refractivity (Wildman–Crippen MR) is 98.2 cm³/mol. The number of benzene rings is 1. The number of likely N-dealkylation sites (tertiary alicyclic amines) is 1. The van der Waals surface area contributed by atoms with Crippen LogP contribution in [0.15, 0.2) is 36.7 Å². The number of aromatic nitrogens is 2. The smallest absolute Gasteiger partial charge is 0.316 e. The molecule has 0 N–H and O–H groups in total. The van der Waals surface area contributed by atoms with E-state index in [0.29, 0.717) is 18.1 Å². The zero-order valence-electron chi connectivity index (χ0n) is 15.5. The first kappa shape index (κ1) is 17.6. The average Bonchev–Trinajstić information content (AvgIpc) is 3.33. The van der Waals surface area contributed by atoms with Gasteiger partial charge in [0, 0.05) is 24.5 Å².